The van der Waals surface area contributed by atoms with Gasteiger partial charge in [0.05, 0.1) is 17.8 Å². The average Bonchev–Trinajstić information content (AvgIpc) is 2.38. The molecule has 1 aliphatic carbocycles. The van der Waals surface area contributed by atoms with Crippen molar-refractivity contribution < 1.29 is 0 Å². The normalized spacial score (nSPS) is 19.8. The minimum absolute atomic E-state index is 0.423. The first-order valence-corrected chi connectivity index (χ1v) is 7.15. The predicted molar refractivity (Wildman–Crippen MR) is 76.0 cm³/mol. The molecule has 0 atom stereocenters. The summed E-state index contributed by atoms with van der Waals surface area (Å²) in [7, 11) is 2.12. The number of aromatic nitrogens is 2. The van der Waals surface area contributed by atoms with Gasteiger partial charge in [-0.05, 0) is 31.1 Å². The standard InChI is InChI=1S/C14H22ClN3/c1-14(2)6-4-12(5-7-14)18(3)13-10-16-9-11(8-15)17-13/h9-10,12H,4-8H2,1-3H3. The quantitative estimate of drug-likeness (QED) is 0.784. The molecule has 0 saturated heterocycles. The Hall–Kier alpha value is -0.830. The van der Waals surface area contributed by atoms with E-state index in [1.807, 2.05) is 6.20 Å². The van der Waals surface area contributed by atoms with Crippen LogP contribution in [0.5, 0.6) is 0 Å². The highest BCUT2D eigenvalue weighted by Crippen LogP contribution is 2.37. The van der Waals surface area contributed by atoms with E-state index in [9.17, 15) is 0 Å². The maximum absolute atomic E-state index is 5.81. The van der Waals surface area contributed by atoms with Crippen molar-refractivity contribution in [2.24, 2.45) is 5.41 Å². The largest absolute Gasteiger partial charge is 0.355 e. The number of hydrogen-bond acceptors (Lipinski definition) is 3. The Bertz CT molecular complexity index is 396. The molecule has 1 aromatic rings. The summed E-state index contributed by atoms with van der Waals surface area (Å²) in [5.74, 6) is 1.37. The Morgan fingerprint density at radius 3 is 2.61 bits per heavy atom. The van der Waals surface area contributed by atoms with Crippen molar-refractivity contribution in [3.8, 4) is 0 Å². The molecule has 0 amide bonds. The van der Waals surface area contributed by atoms with Gasteiger partial charge in [0, 0.05) is 19.3 Å². The van der Waals surface area contributed by atoms with Crippen LogP contribution >= 0.6 is 11.6 Å². The summed E-state index contributed by atoms with van der Waals surface area (Å²) >= 11 is 5.81. The highest BCUT2D eigenvalue weighted by atomic mass is 35.5. The van der Waals surface area contributed by atoms with Gasteiger partial charge in [0.15, 0.2) is 0 Å². The lowest BCUT2D eigenvalue weighted by Gasteiger charge is -2.39. The Kier molecular flexibility index (Phi) is 4.10. The van der Waals surface area contributed by atoms with E-state index in [-0.39, 0.29) is 0 Å². The van der Waals surface area contributed by atoms with Crippen LogP contribution in [0, 0.1) is 5.41 Å². The van der Waals surface area contributed by atoms with E-state index < -0.39 is 0 Å². The van der Waals surface area contributed by atoms with Crippen LogP contribution in [0.2, 0.25) is 0 Å². The van der Waals surface area contributed by atoms with Crippen LogP contribution in [0.4, 0.5) is 5.82 Å². The summed E-state index contributed by atoms with van der Waals surface area (Å²) < 4.78 is 0. The number of rotatable bonds is 3. The number of anilines is 1. The van der Waals surface area contributed by atoms with Crippen LogP contribution in [-0.2, 0) is 5.88 Å². The number of hydrogen-bond donors (Lipinski definition) is 0. The molecule has 100 valence electrons. The van der Waals surface area contributed by atoms with E-state index in [0.717, 1.165) is 11.5 Å². The molecule has 3 nitrogen and oxygen atoms in total. The summed E-state index contributed by atoms with van der Waals surface area (Å²) in [5, 5.41) is 0. The molecule has 18 heavy (non-hydrogen) atoms. The van der Waals surface area contributed by atoms with E-state index in [4.69, 9.17) is 11.6 Å². The van der Waals surface area contributed by atoms with Gasteiger partial charge in [-0.2, -0.15) is 0 Å². The van der Waals surface area contributed by atoms with E-state index >= 15 is 0 Å². The van der Waals surface area contributed by atoms with Crippen molar-refractivity contribution in [3.05, 3.63) is 18.1 Å². The third-order valence-electron chi connectivity index (χ3n) is 4.03. The molecule has 2 rings (SSSR count). The first-order valence-electron chi connectivity index (χ1n) is 6.61. The molecule has 1 heterocycles. The maximum Gasteiger partial charge on any atom is 0.147 e. The Balaban J connectivity index is 2.05. The molecule has 0 aromatic carbocycles. The van der Waals surface area contributed by atoms with Crippen molar-refractivity contribution >= 4 is 17.4 Å². The van der Waals surface area contributed by atoms with Crippen LogP contribution in [-0.4, -0.2) is 23.1 Å². The van der Waals surface area contributed by atoms with E-state index in [2.05, 4.69) is 35.8 Å². The lowest BCUT2D eigenvalue weighted by Crippen LogP contribution is -2.37. The Morgan fingerprint density at radius 1 is 1.33 bits per heavy atom. The van der Waals surface area contributed by atoms with E-state index in [0.29, 0.717) is 17.3 Å². The minimum atomic E-state index is 0.423. The van der Waals surface area contributed by atoms with Crippen LogP contribution in [0.3, 0.4) is 0 Å². The molecular weight excluding hydrogens is 246 g/mol. The molecule has 0 unspecified atom stereocenters. The van der Waals surface area contributed by atoms with Gasteiger partial charge in [0.1, 0.15) is 5.82 Å². The summed E-state index contributed by atoms with van der Waals surface area (Å²) in [4.78, 5) is 11.0. The summed E-state index contributed by atoms with van der Waals surface area (Å²) in [6.45, 7) is 4.72. The maximum atomic E-state index is 5.81. The van der Waals surface area contributed by atoms with Gasteiger partial charge < -0.3 is 4.90 Å². The molecule has 1 aromatic heterocycles. The van der Waals surface area contributed by atoms with Gasteiger partial charge in [-0.1, -0.05) is 13.8 Å². The third kappa shape index (κ3) is 3.14. The van der Waals surface area contributed by atoms with Gasteiger partial charge in [0.2, 0.25) is 0 Å². The third-order valence-corrected chi connectivity index (χ3v) is 4.30. The number of nitrogens with zero attached hydrogens (tertiary/aromatic N) is 3. The average molecular weight is 268 g/mol. The first kappa shape index (κ1) is 13.6. The smallest absolute Gasteiger partial charge is 0.147 e. The molecule has 1 fully saturated rings. The molecule has 0 bridgehead atoms. The number of halogens is 1. The van der Waals surface area contributed by atoms with Gasteiger partial charge >= 0.3 is 0 Å². The number of alkyl halides is 1. The van der Waals surface area contributed by atoms with Crippen molar-refractivity contribution in [2.75, 3.05) is 11.9 Å². The van der Waals surface area contributed by atoms with Crippen molar-refractivity contribution in [2.45, 2.75) is 51.5 Å². The van der Waals surface area contributed by atoms with Crippen LogP contribution in [0.15, 0.2) is 12.4 Å². The SMILES string of the molecule is CN(c1cncc(CCl)n1)C1CCC(C)(C)CC1. The second-order valence-corrected chi connectivity index (χ2v) is 6.28. The lowest BCUT2D eigenvalue weighted by atomic mass is 9.75. The second kappa shape index (κ2) is 5.43. The van der Waals surface area contributed by atoms with Crippen LogP contribution < -0.4 is 4.90 Å². The van der Waals surface area contributed by atoms with Crippen molar-refractivity contribution in [1.29, 1.82) is 0 Å². The van der Waals surface area contributed by atoms with Crippen LogP contribution in [0.25, 0.3) is 0 Å². The summed E-state index contributed by atoms with van der Waals surface area (Å²) in [5.41, 5.74) is 1.35. The van der Waals surface area contributed by atoms with E-state index in [1.165, 1.54) is 25.7 Å². The highest BCUT2D eigenvalue weighted by molar-refractivity contribution is 6.16. The molecule has 0 spiro atoms. The fourth-order valence-electron chi connectivity index (χ4n) is 2.59. The summed E-state index contributed by atoms with van der Waals surface area (Å²) in [6, 6.07) is 0.581. The highest BCUT2D eigenvalue weighted by Gasteiger charge is 2.29. The summed E-state index contributed by atoms with van der Waals surface area (Å²) in [6.07, 6.45) is 8.59. The minimum Gasteiger partial charge on any atom is -0.355 e. The van der Waals surface area contributed by atoms with Gasteiger partial charge in [-0.25, -0.2) is 4.98 Å². The molecule has 1 aliphatic rings. The fraction of sp³-hybridized carbons (Fsp3) is 0.714. The second-order valence-electron chi connectivity index (χ2n) is 6.01. The van der Waals surface area contributed by atoms with Gasteiger partial charge in [-0.3, -0.25) is 4.98 Å². The fourth-order valence-corrected chi connectivity index (χ4v) is 2.72. The van der Waals surface area contributed by atoms with Crippen molar-refractivity contribution in [1.82, 2.24) is 9.97 Å². The topological polar surface area (TPSA) is 29.0 Å². The van der Waals surface area contributed by atoms with Gasteiger partial charge in [0.25, 0.3) is 0 Å². The van der Waals surface area contributed by atoms with Crippen LogP contribution in [0.1, 0.15) is 45.2 Å². The zero-order valence-corrected chi connectivity index (χ0v) is 12.2. The molecule has 0 radical (unpaired) electrons. The first-order chi connectivity index (χ1) is 8.52. The van der Waals surface area contributed by atoms with Crippen molar-refractivity contribution in [3.63, 3.8) is 0 Å². The molecule has 0 aliphatic heterocycles. The Labute approximate surface area is 115 Å². The molecule has 1 saturated carbocycles. The molecule has 4 heteroatoms. The monoisotopic (exact) mass is 267 g/mol. The Morgan fingerprint density at radius 2 is 2.00 bits per heavy atom. The molecule has 0 N–H and O–H groups in total. The zero-order chi connectivity index (χ0) is 13.2. The lowest BCUT2D eigenvalue weighted by molar-refractivity contribution is 0.222. The van der Waals surface area contributed by atoms with Gasteiger partial charge in [-0.15, -0.1) is 11.6 Å². The zero-order valence-electron chi connectivity index (χ0n) is 11.5. The van der Waals surface area contributed by atoms with E-state index in [1.54, 1.807) is 6.20 Å². The molecular formula is C14H22ClN3. The predicted octanol–water partition coefficient (Wildman–Crippen LogP) is 3.62.